The highest BCUT2D eigenvalue weighted by atomic mass is 35.5. The summed E-state index contributed by atoms with van der Waals surface area (Å²) in [5.41, 5.74) is 1.50. The predicted molar refractivity (Wildman–Crippen MR) is 78.2 cm³/mol. The van der Waals surface area contributed by atoms with Crippen molar-refractivity contribution in [2.45, 2.75) is 20.3 Å². The number of carbonyl (C=O) groups is 2. The Morgan fingerprint density at radius 3 is 2.61 bits per heavy atom. The SMILES string of the molecule is CC(=O)SCCC=Cc1ccc(C(C)=O)cc1Cl. The molecule has 0 N–H and O–H groups in total. The van der Waals surface area contributed by atoms with Crippen LogP contribution in [0.3, 0.4) is 0 Å². The van der Waals surface area contributed by atoms with Crippen molar-refractivity contribution < 1.29 is 9.59 Å². The van der Waals surface area contributed by atoms with Gasteiger partial charge in [0.15, 0.2) is 10.9 Å². The third-order valence-electron chi connectivity index (χ3n) is 2.29. The third kappa shape index (κ3) is 5.07. The predicted octanol–water partition coefficient (Wildman–Crippen LogP) is 4.23. The van der Waals surface area contributed by atoms with Crippen LogP contribution in [0, 0.1) is 0 Å². The van der Waals surface area contributed by atoms with Crippen molar-refractivity contribution in [3.63, 3.8) is 0 Å². The molecule has 1 aromatic carbocycles. The van der Waals surface area contributed by atoms with Crippen LogP contribution in [0.5, 0.6) is 0 Å². The highest BCUT2D eigenvalue weighted by molar-refractivity contribution is 8.13. The Morgan fingerprint density at radius 1 is 1.33 bits per heavy atom. The Morgan fingerprint density at radius 2 is 2.06 bits per heavy atom. The number of halogens is 1. The van der Waals surface area contributed by atoms with Crippen LogP contribution < -0.4 is 0 Å². The van der Waals surface area contributed by atoms with E-state index in [0.717, 1.165) is 17.7 Å². The van der Waals surface area contributed by atoms with Crippen LogP contribution in [0.4, 0.5) is 0 Å². The lowest BCUT2D eigenvalue weighted by Crippen LogP contribution is -1.91. The zero-order valence-corrected chi connectivity index (χ0v) is 12.0. The fraction of sp³-hybridized carbons (Fsp3) is 0.286. The highest BCUT2D eigenvalue weighted by Gasteiger charge is 2.02. The molecule has 2 nitrogen and oxygen atoms in total. The lowest BCUT2D eigenvalue weighted by Gasteiger charge is -2.01. The molecule has 0 radical (unpaired) electrons. The molecule has 1 aromatic rings. The minimum absolute atomic E-state index is 0.00490. The number of allylic oxidation sites excluding steroid dienone is 1. The van der Waals surface area contributed by atoms with Gasteiger partial charge in [-0.3, -0.25) is 9.59 Å². The van der Waals surface area contributed by atoms with Crippen LogP contribution in [-0.2, 0) is 4.79 Å². The first-order chi connectivity index (χ1) is 8.50. The van der Waals surface area contributed by atoms with E-state index in [2.05, 4.69) is 0 Å². The molecule has 18 heavy (non-hydrogen) atoms. The van der Waals surface area contributed by atoms with Crippen LogP contribution in [0.15, 0.2) is 24.3 Å². The molecule has 0 heterocycles. The fourth-order valence-corrected chi connectivity index (χ4v) is 2.15. The first-order valence-corrected chi connectivity index (χ1v) is 6.97. The van der Waals surface area contributed by atoms with Crippen LogP contribution in [0.25, 0.3) is 6.08 Å². The van der Waals surface area contributed by atoms with Crippen molar-refractivity contribution in [2.24, 2.45) is 0 Å². The normalized spacial score (nSPS) is 10.8. The van der Waals surface area contributed by atoms with Gasteiger partial charge in [0, 0.05) is 23.3 Å². The number of benzene rings is 1. The molecule has 0 aliphatic heterocycles. The monoisotopic (exact) mass is 282 g/mol. The molecule has 0 fully saturated rings. The standard InChI is InChI=1S/C14H15ClO2S/c1-10(16)13-7-6-12(14(15)9-13)5-3-4-8-18-11(2)17/h3,5-7,9H,4,8H2,1-2H3. The second-order valence-corrected chi connectivity index (χ2v) is 5.50. The van der Waals surface area contributed by atoms with E-state index < -0.39 is 0 Å². The molecule has 1 rings (SSSR count). The maximum absolute atomic E-state index is 11.2. The molecule has 0 amide bonds. The van der Waals surface area contributed by atoms with Crippen molar-refractivity contribution >= 4 is 40.3 Å². The molecule has 0 saturated carbocycles. The van der Waals surface area contributed by atoms with Gasteiger partial charge in [-0.2, -0.15) is 0 Å². The van der Waals surface area contributed by atoms with Crippen molar-refractivity contribution in [3.05, 3.63) is 40.4 Å². The molecule has 0 aliphatic carbocycles. The van der Waals surface area contributed by atoms with E-state index in [1.807, 2.05) is 18.2 Å². The molecule has 0 bridgehead atoms. The Kier molecular flexibility index (Phi) is 6.16. The lowest BCUT2D eigenvalue weighted by molar-refractivity contribution is -0.109. The van der Waals surface area contributed by atoms with E-state index in [0.29, 0.717) is 10.6 Å². The van der Waals surface area contributed by atoms with Crippen LogP contribution in [-0.4, -0.2) is 16.7 Å². The van der Waals surface area contributed by atoms with E-state index in [1.165, 1.54) is 18.7 Å². The van der Waals surface area contributed by atoms with Crippen LogP contribution in [0.2, 0.25) is 5.02 Å². The smallest absolute Gasteiger partial charge is 0.185 e. The number of hydrogen-bond acceptors (Lipinski definition) is 3. The van der Waals surface area contributed by atoms with Crippen molar-refractivity contribution in [1.29, 1.82) is 0 Å². The maximum Gasteiger partial charge on any atom is 0.185 e. The molecule has 0 atom stereocenters. The van der Waals surface area contributed by atoms with Crippen LogP contribution in [0.1, 0.15) is 36.2 Å². The van der Waals surface area contributed by atoms with Gasteiger partial charge in [-0.1, -0.05) is 47.6 Å². The molecule has 0 unspecified atom stereocenters. The summed E-state index contributed by atoms with van der Waals surface area (Å²) in [7, 11) is 0. The average molecular weight is 283 g/mol. The van der Waals surface area contributed by atoms with E-state index in [9.17, 15) is 9.59 Å². The summed E-state index contributed by atoms with van der Waals surface area (Å²) in [5.74, 6) is 0.778. The van der Waals surface area contributed by atoms with Gasteiger partial charge in [0.05, 0.1) is 0 Å². The molecular weight excluding hydrogens is 268 g/mol. The summed E-state index contributed by atoms with van der Waals surface area (Å²) in [6, 6.07) is 5.26. The Bertz CT molecular complexity index is 481. The minimum atomic E-state index is 0.00490. The van der Waals surface area contributed by atoms with Gasteiger partial charge in [-0.15, -0.1) is 0 Å². The maximum atomic E-state index is 11.2. The summed E-state index contributed by atoms with van der Waals surface area (Å²) in [4.78, 5) is 21.9. The molecule has 0 spiro atoms. The zero-order chi connectivity index (χ0) is 13.5. The first-order valence-electron chi connectivity index (χ1n) is 5.61. The second kappa shape index (κ2) is 7.39. The number of carbonyl (C=O) groups excluding carboxylic acids is 2. The topological polar surface area (TPSA) is 34.1 Å². The molecule has 0 aromatic heterocycles. The van der Waals surface area contributed by atoms with Gasteiger partial charge in [0.1, 0.15) is 0 Å². The number of ketones is 1. The third-order valence-corrected chi connectivity index (χ3v) is 3.47. The number of rotatable bonds is 5. The molecule has 4 heteroatoms. The quantitative estimate of drug-likeness (QED) is 0.599. The minimum Gasteiger partial charge on any atom is -0.295 e. The highest BCUT2D eigenvalue weighted by Crippen LogP contribution is 2.20. The zero-order valence-electron chi connectivity index (χ0n) is 10.4. The summed E-state index contributed by atoms with van der Waals surface area (Å²) in [5, 5.41) is 0.699. The van der Waals surface area contributed by atoms with Gasteiger partial charge in [0.25, 0.3) is 0 Å². The van der Waals surface area contributed by atoms with Gasteiger partial charge in [0.2, 0.25) is 0 Å². The molecule has 0 saturated heterocycles. The Hall–Kier alpha value is -1.06. The summed E-state index contributed by atoms with van der Waals surface area (Å²) < 4.78 is 0. The van der Waals surface area contributed by atoms with E-state index in [-0.39, 0.29) is 10.9 Å². The van der Waals surface area contributed by atoms with Gasteiger partial charge in [-0.05, 0) is 25.0 Å². The lowest BCUT2D eigenvalue weighted by atomic mass is 10.1. The number of Topliss-reactive ketones (excluding diaryl/α,β-unsaturated/α-hetero) is 1. The summed E-state index contributed by atoms with van der Waals surface area (Å²) >= 11 is 7.38. The Balaban J connectivity index is 2.59. The van der Waals surface area contributed by atoms with Crippen molar-refractivity contribution in [3.8, 4) is 0 Å². The number of hydrogen-bond donors (Lipinski definition) is 0. The van der Waals surface area contributed by atoms with Crippen molar-refractivity contribution in [1.82, 2.24) is 0 Å². The van der Waals surface area contributed by atoms with Gasteiger partial charge < -0.3 is 0 Å². The first kappa shape index (κ1) is 15.0. The van der Waals surface area contributed by atoms with Crippen LogP contribution >= 0.6 is 23.4 Å². The average Bonchev–Trinajstić information content (AvgIpc) is 2.29. The van der Waals surface area contributed by atoms with Crippen molar-refractivity contribution in [2.75, 3.05) is 5.75 Å². The largest absolute Gasteiger partial charge is 0.295 e. The molecular formula is C14H15ClO2S. The molecule has 96 valence electrons. The number of thioether (sulfide) groups is 1. The fourth-order valence-electron chi connectivity index (χ4n) is 1.36. The summed E-state index contributed by atoms with van der Waals surface area (Å²) in [6.07, 6.45) is 4.70. The van der Waals surface area contributed by atoms with Gasteiger partial charge >= 0.3 is 0 Å². The molecule has 0 aliphatic rings. The van der Waals surface area contributed by atoms with E-state index >= 15 is 0 Å². The van der Waals surface area contributed by atoms with Gasteiger partial charge in [-0.25, -0.2) is 0 Å². The second-order valence-electron chi connectivity index (χ2n) is 3.82. The van der Waals surface area contributed by atoms with E-state index in [1.54, 1.807) is 19.1 Å². The Labute approximate surface area is 116 Å². The van der Waals surface area contributed by atoms with E-state index in [4.69, 9.17) is 11.6 Å². The summed E-state index contributed by atoms with van der Waals surface area (Å²) in [6.45, 7) is 3.08.